The Labute approximate surface area is 138 Å². The van der Waals surface area contributed by atoms with Crippen LogP contribution >= 0.6 is 0 Å². The first-order chi connectivity index (χ1) is 11.6. The van der Waals surface area contributed by atoms with Crippen molar-refractivity contribution < 1.29 is 9.50 Å². The van der Waals surface area contributed by atoms with Crippen molar-refractivity contribution in [1.29, 1.82) is 0 Å². The van der Waals surface area contributed by atoms with E-state index in [0.29, 0.717) is 0 Å². The van der Waals surface area contributed by atoms with Crippen LogP contribution in [0.3, 0.4) is 0 Å². The number of H-pyrrole nitrogens is 1. The van der Waals surface area contributed by atoms with Gasteiger partial charge in [0, 0.05) is 23.3 Å². The Bertz CT molecular complexity index is 1050. The van der Waals surface area contributed by atoms with Crippen molar-refractivity contribution >= 4 is 21.8 Å². The lowest BCUT2D eigenvalue weighted by Crippen LogP contribution is -1.96. The summed E-state index contributed by atoms with van der Waals surface area (Å²) in [7, 11) is 0. The molecule has 0 saturated heterocycles. The number of fused-ring (bicyclic) bond motifs is 3. The second kappa shape index (κ2) is 5.64. The Hall–Kier alpha value is -2.88. The van der Waals surface area contributed by atoms with Crippen LogP contribution in [-0.4, -0.2) is 15.1 Å². The second-order valence-corrected chi connectivity index (χ2v) is 6.09. The molecule has 4 rings (SSSR count). The van der Waals surface area contributed by atoms with Crippen molar-refractivity contribution in [3.05, 3.63) is 71.3 Å². The van der Waals surface area contributed by atoms with E-state index in [9.17, 15) is 9.50 Å². The summed E-state index contributed by atoms with van der Waals surface area (Å²) >= 11 is 0. The van der Waals surface area contributed by atoms with E-state index >= 15 is 0 Å². The molecule has 0 fully saturated rings. The van der Waals surface area contributed by atoms with Gasteiger partial charge >= 0.3 is 0 Å². The zero-order valence-corrected chi connectivity index (χ0v) is 13.3. The first-order valence-electron chi connectivity index (χ1n) is 7.96. The maximum Gasteiger partial charge on any atom is 0.125 e. The molecule has 24 heavy (non-hydrogen) atoms. The maximum atomic E-state index is 13.2. The van der Waals surface area contributed by atoms with E-state index in [1.165, 1.54) is 6.07 Å². The van der Waals surface area contributed by atoms with Gasteiger partial charge < -0.3 is 10.1 Å². The molecule has 120 valence electrons. The van der Waals surface area contributed by atoms with E-state index in [0.717, 1.165) is 51.6 Å². The summed E-state index contributed by atoms with van der Waals surface area (Å²) in [4.78, 5) is 7.99. The molecular weight excluding hydrogens is 303 g/mol. The van der Waals surface area contributed by atoms with E-state index in [4.69, 9.17) is 4.98 Å². The van der Waals surface area contributed by atoms with Gasteiger partial charge in [0.25, 0.3) is 0 Å². The molecule has 0 unspecified atom stereocenters. The molecule has 0 aliphatic carbocycles. The number of aryl methyl sites for hydroxylation is 3. The zero-order chi connectivity index (χ0) is 16.7. The minimum Gasteiger partial charge on any atom is -0.507 e. The smallest absolute Gasteiger partial charge is 0.125 e. The van der Waals surface area contributed by atoms with Crippen LogP contribution in [0.25, 0.3) is 21.8 Å². The molecule has 0 aliphatic heterocycles. The molecule has 3 nitrogen and oxygen atoms in total. The fraction of sp³-hybridized carbons (Fsp3) is 0.150. The highest BCUT2D eigenvalue weighted by Crippen LogP contribution is 2.31. The Morgan fingerprint density at radius 2 is 1.83 bits per heavy atom. The summed E-state index contributed by atoms with van der Waals surface area (Å²) < 4.78 is 13.2. The van der Waals surface area contributed by atoms with Crippen molar-refractivity contribution in [3.8, 4) is 5.75 Å². The highest BCUT2D eigenvalue weighted by molar-refractivity contribution is 6.07. The van der Waals surface area contributed by atoms with Crippen LogP contribution in [-0.2, 0) is 12.8 Å². The van der Waals surface area contributed by atoms with Crippen LogP contribution in [0.5, 0.6) is 5.75 Å². The number of nitrogens with one attached hydrogen (secondary N) is 1. The fourth-order valence-corrected chi connectivity index (χ4v) is 3.19. The Morgan fingerprint density at radius 3 is 2.62 bits per heavy atom. The summed E-state index contributed by atoms with van der Waals surface area (Å²) in [5.41, 5.74) is 3.77. The number of hydrogen-bond donors (Lipinski definition) is 2. The summed E-state index contributed by atoms with van der Waals surface area (Å²) in [6, 6.07) is 14.3. The number of nitrogens with zero attached hydrogens (tertiary/aromatic N) is 1. The number of imidazole rings is 1. The van der Waals surface area contributed by atoms with Crippen LogP contribution in [0, 0.1) is 12.7 Å². The minimum atomic E-state index is -0.207. The van der Waals surface area contributed by atoms with Gasteiger partial charge in [-0.1, -0.05) is 30.3 Å². The topological polar surface area (TPSA) is 48.9 Å². The number of halogens is 1. The van der Waals surface area contributed by atoms with Gasteiger partial charge in [0.15, 0.2) is 0 Å². The third kappa shape index (κ3) is 2.50. The van der Waals surface area contributed by atoms with Gasteiger partial charge in [0.2, 0.25) is 0 Å². The van der Waals surface area contributed by atoms with Crippen LogP contribution in [0.15, 0.2) is 48.5 Å². The van der Waals surface area contributed by atoms with E-state index in [2.05, 4.69) is 4.98 Å². The van der Waals surface area contributed by atoms with E-state index < -0.39 is 0 Å². The van der Waals surface area contributed by atoms with Gasteiger partial charge in [-0.25, -0.2) is 9.37 Å². The molecule has 4 heteroatoms. The Kier molecular flexibility index (Phi) is 3.45. The van der Waals surface area contributed by atoms with Crippen molar-refractivity contribution in [1.82, 2.24) is 9.97 Å². The van der Waals surface area contributed by atoms with Gasteiger partial charge in [0.1, 0.15) is 17.4 Å². The van der Waals surface area contributed by atoms with Crippen molar-refractivity contribution in [2.75, 3.05) is 0 Å². The monoisotopic (exact) mass is 320 g/mol. The summed E-state index contributed by atoms with van der Waals surface area (Å²) in [6.07, 6.45) is 1.52. The minimum absolute atomic E-state index is 0.207. The molecule has 0 radical (unpaired) electrons. The summed E-state index contributed by atoms with van der Waals surface area (Å²) in [6.45, 7) is 1.92. The molecule has 0 bridgehead atoms. The van der Waals surface area contributed by atoms with Gasteiger partial charge in [-0.3, -0.25) is 0 Å². The lowest BCUT2D eigenvalue weighted by atomic mass is 10.0. The second-order valence-electron chi connectivity index (χ2n) is 6.09. The average molecular weight is 320 g/mol. The Morgan fingerprint density at radius 1 is 1.04 bits per heavy atom. The molecule has 1 heterocycles. The standard InChI is InChI=1S/C20H17FN2O/c1-12-10-14(21)8-6-13(12)7-9-19-22-17-11-18(24)15-4-2-3-5-16(15)20(17)23-19/h2-6,8,10-11,24H,7,9H2,1H3,(H,22,23). The summed E-state index contributed by atoms with van der Waals surface area (Å²) in [5, 5.41) is 11.9. The molecule has 1 aromatic heterocycles. The zero-order valence-electron chi connectivity index (χ0n) is 13.3. The number of rotatable bonds is 3. The lowest BCUT2D eigenvalue weighted by molar-refractivity contribution is 0.482. The first-order valence-corrected chi connectivity index (χ1v) is 7.96. The van der Waals surface area contributed by atoms with Crippen LogP contribution in [0.4, 0.5) is 4.39 Å². The van der Waals surface area contributed by atoms with E-state index in [1.807, 2.05) is 37.3 Å². The first kappa shape index (κ1) is 14.7. The van der Waals surface area contributed by atoms with Gasteiger partial charge in [-0.05, 0) is 36.6 Å². The average Bonchev–Trinajstić information content (AvgIpc) is 2.97. The largest absolute Gasteiger partial charge is 0.507 e. The lowest BCUT2D eigenvalue weighted by Gasteiger charge is -2.04. The van der Waals surface area contributed by atoms with Gasteiger partial charge in [-0.15, -0.1) is 0 Å². The maximum absolute atomic E-state index is 13.2. The van der Waals surface area contributed by atoms with Gasteiger partial charge in [0.05, 0.1) is 11.0 Å². The van der Waals surface area contributed by atoms with Gasteiger partial charge in [-0.2, -0.15) is 0 Å². The molecule has 3 aromatic carbocycles. The molecule has 0 spiro atoms. The SMILES string of the molecule is Cc1cc(F)ccc1CCc1nc2c(cc(O)c3ccccc32)[nH]1. The van der Waals surface area contributed by atoms with E-state index in [1.54, 1.807) is 12.1 Å². The predicted molar refractivity (Wildman–Crippen MR) is 93.8 cm³/mol. The third-order valence-corrected chi connectivity index (χ3v) is 4.46. The summed E-state index contributed by atoms with van der Waals surface area (Å²) in [5.74, 6) is 0.911. The number of aromatic hydroxyl groups is 1. The molecule has 0 amide bonds. The Balaban J connectivity index is 1.69. The van der Waals surface area contributed by atoms with Crippen LogP contribution in [0.1, 0.15) is 17.0 Å². The molecule has 2 N–H and O–H groups in total. The molecule has 4 aromatic rings. The number of phenols is 1. The normalized spacial score (nSPS) is 11.4. The molecule has 0 aliphatic rings. The number of aromatic nitrogens is 2. The molecule has 0 saturated carbocycles. The number of hydrogen-bond acceptors (Lipinski definition) is 2. The van der Waals surface area contributed by atoms with E-state index in [-0.39, 0.29) is 11.6 Å². The third-order valence-electron chi connectivity index (χ3n) is 4.46. The highest BCUT2D eigenvalue weighted by atomic mass is 19.1. The van der Waals surface area contributed by atoms with Crippen LogP contribution < -0.4 is 0 Å². The van der Waals surface area contributed by atoms with Crippen LogP contribution in [0.2, 0.25) is 0 Å². The number of aromatic amines is 1. The fourth-order valence-electron chi connectivity index (χ4n) is 3.19. The predicted octanol–water partition coefficient (Wildman–Crippen LogP) is 4.65. The quantitative estimate of drug-likeness (QED) is 0.577. The number of phenolic OH excluding ortho intramolecular Hbond substituents is 1. The molecule has 0 atom stereocenters. The van der Waals surface area contributed by atoms with Crippen molar-refractivity contribution in [2.24, 2.45) is 0 Å². The molecular formula is C20H17FN2O. The number of benzene rings is 3. The van der Waals surface area contributed by atoms with Crippen molar-refractivity contribution in [3.63, 3.8) is 0 Å². The highest BCUT2D eigenvalue weighted by Gasteiger charge is 2.10. The van der Waals surface area contributed by atoms with Crippen molar-refractivity contribution in [2.45, 2.75) is 19.8 Å².